The fraction of sp³-hybridized carbons (Fsp3) is 0.429. The van der Waals surface area contributed by atoms with Crippen LogP contribution in [0.2, 0.25) is 0 Å². The van der Waals surface area contributed by atoms with Gasteiger partial charge in [0.1, 0.15) is 11.5 Å². The van der Waals surface area contributed by atoms with Crippen LogP contribution in [0.5, 0.6) is 11.5 Å². The van der Waals surface area contributed by atoms with Gasteiger partial charge in [0.25, 0.3) is 0 Å². The number of benzene rings is 2. The van der Waals surface area contributed by atoms with E-state index >= 15 is 0 Å². The van der Waals surface area contributed by atoms with E-state index in [1.807, 2.05) is 24.3 Å². The monoisotopic (exact) mass is 340 g/mol. The predicted octanol–water partition coefficient (Wildman–Crippen LogP) is 3.44. The Hall–Kier alpha value is -2.20. The Morgan fingerprint density at radius 1 is 1.12 bits per heavy atom. The van der Waals surface area contributed by atoms with Crippen LogP contribution in [0.4, 0.5) is 5.69 Å². The van der Waals surface area contributed by atoms with Gasteiger partial charge in [0, 0.05) is 11.8 Å². The standard InChI is InChI=1S/C21H28N2O2/c1-24-20-9-8-17-7-6-16(12-18(17)13-20)15-23-10-3-11-25-21-5-2-4-19(22)14-21/h2,4-5,8-9,13-14,16,23H,3,6-7,10-12,15,22H2,1H3. The van der Waals surface area contributed by atoms with Crippen LogP contribution in [-0.2, 0) is 12.8 Å². The summed E-state index contributed by atoms with van der Waals surface area (Å²) in [7, 11) is 1.73. The van der Waals surface area contributed by atoms with Crippen molar-refractivity contribution in [2.24, 2.45) is 5.92 Å². The Bertz CT molecular complexity index is 687. The van der Waals surface area contributed by atoms with Crippen molar-refractivity contribution in [2.75, 3.05) is 32.5 Å². The molecule has 1 atom stereocenters. The van der Waals surface area contributed by atoms with Crippen molar-refractivity contribution in [3.8, 4) is 11.5 Å². The van der Waals surface area contributed by atoms with Crippen LogP contribution < -0.4 is 20.5 Å². The molecular formula is C21H28N2O2. The van der Waals surface area contributed by atoms with Crippen molar-refractivity contribution in [1.29, 1.82) is 0 Å². The highest BCUT2D eigenvalue weighted by Crippen LogP contribution is 2.28. The Morgan fingerprint density at radius 2 is 2.04 bits per heavy atom. The molecule has 2 aromatic carbocycles. The fourth-order valence-corrected chi connectivity index (χ4v) is 3.41. The third-order valence-corrected chi connectivity index (χ3v) is 4.80. The summed E-state index contributed by atoms with van der Waals surface area (Å²) in [5.74, 6) is 2.51. The number of rotatable bonds is 8. The lowest BCUT2D eigenvalue weighted by atomic mass is 9.84. The van der Waals surface area contributed by atoms with E-state index in [4.69, 9.17) is 15.2 Å². The average Bonchev–Trinajstić information content (AvgIpc) is 2.64. The van der Waals surface area contributed by atoms with Gasteiger partial charge in [-0.25, -0.2) is 0 Å². The third-order valence-electron chi connectivity index (χ3n) is 4.80. The second kappa shape index (κ2) is 8.77. The number of anilines is 1. The number of nitrogen functional groups attached to an aromatic ring is 1. The van der Waals surface area contributed by atoms with Crippen LogP contribution in [0.3, 0.4) is 0 Å². The van der Waals surface area contributed by atoms with Crippen molar-refractivity contribution < 1.29 is 9.47 Å². The van der Waals surface area contributed by atoms with E-state index in [2.05, 4.69) is 23.5 Å². The van der Waals surface area contributed by atoms with E-state index in [9.17, 15) is 0 Å². The van der Waals surface area contributed by atoms with Crippen molar-refractivity contribution in [3.63, 3.8) is 0 Å². The molecule has 0 amide bonds. The van der Waals surface area contributed by atoms with Crippen LogP contribution >= 0.6 is 0 Å². The van der Waals surface area contributed by atoms with Gasteiger partial charge in [0.05, 0.1) is 13.7 Å². The minimum Gasteiger partial charge on any atom is -0.497 e. The first-order valence-electron chi connectivity index (χ1n) is 9.09. The number of methoxy groups -OCH3 is 1. The van der Waals surface area contributed by atoms with E-state index in [0.717, 1.165) is 43.1 Å². The van der Waals surface area contributed by atoms with Crippen molar-refractivity contribution >= 4 is 5.69 Å². The number of nitrogens with one attached hydrogen (secondary N) is 1. The topological polar surface area (TPSA) is 56.5 Å². The van der Waals surface area contributed by atoms with Gasteiger partial charge in [-0.05, 0) is 80.1 Å². The highest BCUT2D eigenvalue weighted by Gasteiger charge is 2.18. The Balaban J connectivity index is 1.34. The maximum Gasteiger partial charge on any atom is 0.121 e. The second-order valence-corrected chi connectivity index (χ2v) is 6.72. The summed E-state index contributed by atoms with van der Waals surface area (Å²) in [5.41, 5.74) is 9.41. The number of nitrogens with two attached hydrogens (primary N) is 1. The number of aryl methyl sites for hydroxylation is 1. The Kier molecular flexibility index (Phi) is 6.18. The summed E-state index contributed by atoms with van der Waals surface area (Å²) in [5, 5.41) is 3.58. The van der Waals surface area contributed by atoms with Crippen LogP contribution in [0, 0.1) is 5.92 Å². The molecule has 1 aliphatic rings. The molecule has 2 aromatic rings. The summed E-state index contributed by atoms with van der Waals surface area (Å²) in [6.07, 6.45) is 4.56. The maximum absolute atomic E-state index is 5.75. The molecule has 3 rings (SSSR count). The molecule has 0 spiro atoms. The van der Waals surface area contributed by atoms with Gasteiger partial charge >= 0.3 is 0 Å². The van der Waals surface area contributed by atoms with Crippen LogP contribution in [0.1, 0.15) is 24.0 Å². The second-order valence-electron chi connectivity index (χ2n) is 6.72. The quantitative estimate of drug-likeness (QED) is 0.571. The molecule has 0 aliphatic heterocycles. The SMILES string of the molecule is COc1ccc2c(c1)CC(CNCCCOc1cccc(N)c1)CC2. The zero-order chi connectivity index (χ0) is 17.5. The molecule has 3 N–H and O–H groups in total. The number of ether oxygens (including phenoxy) is 2. The molecule has 25 heavy (non-hydrogen) atoms. The number of hydrogen-bond donors (Lipinski definition) is 2. The molecule has 0 saturated heterocycles. The van der Waals surface area contributed by atoms with Gasteiger partial charge in [-0.2, -0.15) is 0 Å². The molecule has 1 unspecified atom stereocenters. The zero-order valence-corrected chi connectivity index (χ0v) is 15.0. The molecule has 0 bridgehead atoms. The van der Waals surface area contributed by atoms with Gasteiger partial charge in [0.2, 0.25) is 0 Å². The molecule has 0 aromatic heterocycles. The van der Waals surface area contributed by atoms with Crippen LogP contribution in [0.25, 0.3) is 0 Å². The first-order chi connectivity index (χ1) is 12.2. The van der Waals surface area contributed by atoms with Gasteiger partial charge < -0.3 is 20.5 Å². The fourth-order valence-electron chi connectivity index (χ4n) is 3.41. The first kappa shape index (κ1) is 17.6. The lowest BCUT2D eigenvalue weighted by Gasteiger charge is -2.25. The molecule has 0 fully saturated rings. The van der Waals surface area contributed by atoms with E-state index in [0.29, 0.717) is 12.5 Å². The lowest BCUT2D eigenvalue weighted by Crippen LogP contribution is -2.28. The van der Waals surface area contributed by atoms with Gasteiger partial charge in [-0.1, -0.05) is 12.1 Å². The molecule has 134 valence electrons. The van der Waals surface area contributed by atoms with Crippen molar-refractivity contribution in [3.05, 3.63) is 53.6 Å². The summed E-state index contributed by atoms with van der Waals surface area (Å²) in [6.45, 7) is 2.75. The Morgan fingerprint density at radius 3 is 2.88 bits per heavy atom. The minimum absolute atomic E-state index is 0.703. The lowest BCUT2D eigenvalue weighted by molar-refractivity contribution is 0.305. The number of hydrogen-bond acceptors (Lipinski definition) is 4. The minimum atomic E-state index is 0.703. The van der Waals surface area contributed by atoms with Crippen LogP contribution in [-0.4, -0.2) is 26.8 Å². The molecule has 0 saturated carbocycles. The molecule has 4 nitrogen and oxygen atoms in total. The highest BCUT2D eigenvalue weighted by atomic mass is 16.5. The summed E-state index contributed by atoms with van der Waals surface area (Å²) >= 11 is 0. The van der Waals surface area contributed by atoms with E-state index in [-0.39, 0.29) is 0 Å². The normalized spacial score (nSPS) is 16.3. The van der Waals surface area contributed by atoms with E-state index in [1.165, 1.54) is 24.0 Å². The van der Waals surface area contributed by atoms with Gasteiger partial charge in [-0.15, -0.1) is 0 Å². The van der Waals surface area contributed by atoms with Gasteiger partial charge in [0.15, 0.2) is 0 Å². The smallest absolute Gasteiger partial charge is 0.121 e. The molecule has 4 heteroatoms. The Labute approximate surface area is 150 Å². The maximum atomic E-state index is 5.75. The van der Waals surface area contributed by atoms with Gasteiger partial charge in [-0.3, -0.25) is 0 Å². The summed E-state index contributed by atoms with van der Waals surface area (Å²) < 4.78 is 11.1. The summed E-state index contributed by atoms with van der Waals surface area (Å²) in [6, 6.07) is 14.1. The largest absolute Gasteiger partial charge is 0.497 e. The average molecular weight is 340 g/mol. The van der Waals surface area contributed by atoms with Crippen molar-refractivity contribution in [1.82, 2.24) is 5.32 Å². The van der Waals surface area contributed by atoms with E-state index in [1.54, 1.807) is 7.11 Å². The number of fused-ring (bicyclic) bond motifs is 1. The molecule has 0 radical (unpaired) electrons. The van der Waals surface area contributed by atoms with Crippen LogP contribution in [0.15, 0.2) is 42.5 Å². The molecule has 0 heterocycles. The van der Waals surface area contributed by atoms with E-state index < -0.39 is 0 Å². The molecule has 1 aliphatic carbocycles. The third kappa shape index (κ3) is 5.13. The molecular weight excluding hydrogens is 312 g/mol. The van der Waals surface area contributed by atoms with Crippen molar-refractivity contribution in [2.45, 2.75) is 25.7 Å². The summed E-state index contributed by atoms with van der Waals surface area (Å²) in [4.78, 5) is 0. The zero-order valence-electron chi connectivity index (χ0n) is 15.0. The highest BCUT2D eigenvalue weighted by molar-refractivity contribution is 5.43. The first-order valence-corrected chi connectivity index (χ1v) is 9.09. The predicted molar refractivity (Wildman–Crippen MR) is 102 cm³/mol.